The van der Waals surface area contributed by atoms with Gasteiger partial charge in [-0.15, -0.1) is 5.10 Å². The topological polar surface area (TPSA) is 56.5 Å². The summed E-state index contributed by atoms with van der Waals surface area (Å²) < 4.78 is 7.11. The highest BCUT2D eigenvalue weighted by Crippen LogP contribution is 2.16. The van der Waals surface area contributed by atoms with E-state index >= 15 is 0 Å². The molecule has 4 rings (SSSR count). The summed E-state index contributed by atoms with van der Waals surface area (Å²) in [6, 6.07) is 17.2. The van der Waals surface area contributed by atoms with Gasteiger partial charge in [0.05, 0.1) is 11.6 Å². The molecule has 0 bridgehead atoms. The molecular formula is C18H13N3O2S. The first-order valence-corrected chi connectivity index (χ1v) is 8.17. The summed E-state index contributed by atoms with van der Waals surface area (Å²) in [5.41, 5.74) is 1.68. The molecule has 2 heterocycles. The van der Waals surface area contributed by atoms with E-state index in [0.717, 1.165) is 16.9 Å². The Morgan fingerprint density at radius 3 is 2.50 bits per heavy atom. The smallest absolute Gasteiger partial charge is 0.291 e. The van der Waals surface area contributed by atoms with E-state index in [1.807, 2.05) is 60.7 Å². The predicted molar refractivity (Wildman–Crippen MR) is 94.3 cm³/mol. The summed E-state index contributed by atoms with van der Waals surface area (Å²) >= 11 is 1.33. The van der Waals surface area contributed by atoms with E-state index in [9.17, 15) is 4.79 Å². The average molecular weight is 335 g/mol. The third kappa shape index (κ3) is 2.57. The lowest BCUT2D eigenvalue weighted by Gasteiger charge is -1.98. The van der Waals surface area contributed by atoms with E-state index in [2.05, 4.69) is 10.1 Å². The average Bonchev–Trinajstić information content (AvgIpc) is 3.17. The Morgan fingerprint density at radius 2 is 1.83 bits per heavy atom. The number of rotatable bonds is 3. The van der Waals surface area contributed by atoms with Crippen molar-refractivity contribution in [1.29, 1.82) is 0 Å². The number of methoxy groups -OCH3 is 1. The minimum Gasteiger partial charge on any atom is -0.497 e. The lowest BCUT2D eigenvalue weighted by Crippen LogP contribution is -2.23. The van der Waals surface area contributed by atoms with Gasteiger partial charge < -0.3 is 4.74 Å². The summed E-state index contributed by atoms with van der Waals surface area (Å²) in [6.07, 6.45) is 1.84. The van der Waals surface area contributed by atoms with Crippen LogP contribution in [0.4, 0.5) is 0 Å². The quantitative estimate of drug-likeness (QED) is 0.577. The van der Waals surface area contributed by atoms with E-state index in [4.69, 9.17) is 4.74 Å². The van der Waals surface area contributed by atoms with Crippen LogP contribution in [0.3, 0.4) is 0 Å². The number of nitrogens with zero attached hydrogens (tertiary/aromatic N) is 3. The summed E-state index contributed by atoms with van der Waals surface area (Å²) in [4.78, 5) is 17.6. The van der Waals surface area contributed by atoms with Crippen LogP contribution < -0.4 is 14.8 Å². The minimum absolute atomic E-state index is 0.152. The SMILES string of the molecule is COc1ccc(/C=c2\sc3nc(-c4ccccc4)nn3c2=O)cc1. The third-order valence-electron chi connectivity index (χ3n) is 3.63. The molecule has 0 amide bonds. The fourth-order valence-corrected chi connectivity index (χ4v) is 3.30. The van der Waals surface area contributed by atoms with Gasteiger partial charge in [-0.1, -0.05) is 53.8 Å². The zero-order valence-corrected chi connectivity index (χ0v) is 13.7. The van der Waals surface area contributed by atoms with Crippen molar-refractivity contribution < 1.29 is 4.74 Å². The van der Waals surface area contributed by atoms with Gasteiger partial charge in [0, 0.05) is 5.56 Å². The van der Waals surface area contributed by atoms with Crippen LogP contribution in [0.5, 0.6) is 5.75 Å². The molecule has 0 N–H and O–H groups in total. The second-order valence-electron chi connectivity index (χ2n) is 5.18. The molecule has 0 saturated carbocycles. The van der Waals surface area contributed by atoms with Gasteiger partial charge in [-0.3, -0.25) is 4.79 Å². The Balaban J connectivity index is 1.78. The van der Waals surface area contributed by atoms with Crippen molar-refractivity contribution in [2.75, 3.05) is 7.11 Å². The van der Waals surface area contributed by atoms with Crippen LogP contribution in [0.2, 0.25) is 0 Å². The molecule has 2 aromatic carbocycles. The molecule has 0 unspecified atom stereocenters. The van der Waals surface area contributed by atoms with Crippen LogP contribution in [0, 0.1) is 0 Å². The molecule has 4 aromatic rings. The van der Waals surface area contributed by atoms with Crippen LogP contribution in [-0.2, 0) is 0 Å². The van der Waals surface area contributed by atoms with Crippen molar-refractivity contribution in [3.05, 3.63) is 75.0 Å². The van der Waals surface area contributed by atoms with Crippen LogP contribution in [0.15, 0.2) is 59.4 Å². The van der Waals surface area contributed by atoms with Crippen molar-refractivity contribution in [2.45, 2.75) is 0 Å². The van der Waals surface area contributed by atoms with Gasteiger partial charge in [0.15, 0.2) is 5.82 Å². The minimum atomic E-state index is -0.152. The molecule has 24 heavy (non-hydrogen) atoms. The van der Waals surface area contributed by atoms with E-state index in [1.165, 1.54) is 15.9 Å². The third-order valence-corrected chi connectivity index (χ3v) is 4.59. The number of aromatic nitrogens is 3. The molecule has 0 aliphatic carbocycles. The van der Waals surface area contributed by atoms with Crippen molar-refractivity contribution in [1.82, 2.24) is 14.6 Å². The van der Waals surface area contributed by atoms with E-state index in [0.29, 0.717) is 15.3 Å². The molecule has 5 nitrogen and oxygen atoms in total. The van der Waals surface area contributed by atoms with Crippen LogP contribution in [-0.4, -0.2) is 21.7 Å². The molecule has 0 atom stereocenters. The van der Waals surface area contributed by atoms with Gasteiger partial charge in [0.25, 0.3) is 5.56 Å². The second-order valence-corrected chi connectivity index (χ2v) is 6.19. The number of thiazole rings is 1. The van der Waals surface area contributed by atoms with Crippen molar-refractivity contribution in [3.63, 3.8) is 0 Å². The van der Waals surface area contributed by atoms with Crippen LogP contribution >= 0.6 is 11.3 Å². The number of benzene rings is 2. The molecule has 0 saturated heterocycles. The van der Waals surface area contributed by atoms with Gasteiger partial charge in [-0.2, -0.15) is 9.50 Å². The summed E-state index contributed by atoms with van der Waals surface area (Å²) in [6.45, 7) is 0. The molecule has 0 aliphatic heterocycles. The highest BCUT2D eigenvalue weighted by Gasteiger charge is 2.11. The largest absolute Gasteiger partial charge is 0.497 e. The Bertz CT molecular complexity index is 1100. The zero-order chi connectivity index (χ0) is 16.5. The maximum Gasteiger partial charge on any atom is 0.291 e. The molecular weight excluding hydrogens is 322 g/mol. The highest BCUT2D eigenvalue weighted by molar-refractivity contribution is 7.15. The Kier molecular flexibility index (Phi) is 3.59. The summed E-state index contributed by atoms with van der Waals surface area (Å²) in [7, 11) is 1.62. The molecule has 0 radical (unpaired) electrons. The number of ether oxygens (including phenoxy) is 1. The first-order valence-electron chi connectivity index (χ1n) is 7.35. The molecule has 0 fully saturated rings. The van der Waals surface area contributed by atoms with E-state index in [1.54, 1.807) is 7.11 Å². The zero-order valence-electron chi connectivity index (χ0n) is 12.8. The van der Waals surface area contributed by atoms with Crippen LogP contribution in [0.25, 0.3) is 22.4 Å². The maximum atomic E-state index is 12.5. The lowest BCUT2D eigenvalue weighted by molar-refractivity contribution is 0.415. The fraction of sp³-hybridized carbons (Fsp3) is 0.0556. The lowest BCUT2D eigenvalue weighted by atomic mass is 10.2. The standard InChI is InChI=1S/C18H13N3O2S/c1-23-14-9-7-12(8-10-14)11-15-17(22)21-18(24-15)19-16(20-21)13-5-3-2-4-6-13/h2-11H,1H3/b15-11-. The Morgan fingerprint density at radius 1 is 1.08 bits per heavy atom. The normalized spacial score (nSPS) is 12.0. The van der Waals surface area contributed by atoms with Gasteiger partial charge in [-0.25, -0.2) is 0 Å². The van der Waals surface area contributed by atoms with Crippen molar-refractivity contribution in [3.8, 4) is 17.1 Å². The Labute approximate surface area is 141 Å². The van der Waals surface area contributed by atoms with Crippen molar-refractivity contribution in [2.24, 2.45) is 0 Å². The van der Waals surface area contributed by atoms with Crippen molar-refractivity contribution >= 4 is 22.4 Å². The Hall–Kier alpha value is -2.99. The molecule has 2 aromatic heterocycles. The molecule has 0 spiro atoms. The first kappa shape index (κ1) is 14.6. The summed E-state index contributed by atoms with van der Waals surface area (Å²) in [5.74, 6) is 1.35. The molecule has 0 aliphatic rings. The van der Waals surface area contributed by atoms with Crippen LogP contribution in [0.1, 0.15) is 5.56 Å². The maximum absolute atomic E-state index is 12.5. The van der Waals surface area contributed by atoms with Gasteiger partial charge in [-0.05, 0) is 23.8 Å². The number of hydrogen-bond acceptors (Lipinski definition) is 5. The number of hydrogen-bond donors (Lipinski definition) is 0. The van der Waals surface area contributed by atoms with E-state index in [-0.39, 0.29) is 5.56 Å². The van der Waals surface area contributed by atoms with Gasteiger partial charge >= 0.3 is 0 Å². The predicted octanol–water partition coefficient (Wildman–Crippen LogP) is 2.37. The fourth-order valence-electron chi connectivity index (χ4n) is 2.39. The first-order chi connectivity index (χ1) is 11.7. The summed E-state index contributed by atoms with van der Waals surface area (Å²) in [5, 5.41) is 4.34. The van der Waals surface area contributed by atoms with Gasteiger partial charge in [0.1, 0.15) is 5.75 Å². The second kappa shape index (κ2) is 5.90. The highest BCUT2D eigenvalue weighted by atomic mass is 32.1. The molecule has 6 heteroatoms. The van der Waals surface area contributed by atoms with E-state index < -0.39 is 0 Å². The monoisotopic (exact) mass is 335 g/mol. The van der Waals surface area contributed by atoms with Gasteiger partial charge in [0.2, 0.25) is 4.96 Å². The number of fused-ring (bicyclic) bond motifs is 1. The molecule has 118 valence electrons.